The average Bonchev–Trinajstić information content (AvgIpc) is 2.97. The summed E-state index contributed by atoms with van der Waals surface area (Å²) in [4.78, 5) is 12.9. The van der Waals surface area contributed by atoms with Gasteiger partial charge in [0.25, 0.3) is 5.91 Å². The van der Waals surface area contributed by atoms with Gasteiger partial charge in [0.2, 0.25) is 0 Å². The van der Waals surface area contributed by atoms with Crippen molar-refractivity contribution in [2.75, 3.05) is 11.6 Å². The van der Waals surface area contributed by atoms with Crippen LogP contribution >= 0.6 is 0 Å². The molecule has 0 aliphatic carbocycles. The number of sulfone groups is 1. The second kappa shape index (κ2) is 8.02. The number of fused-ring (bicyclic) bond motifs is 1. The van der Waals surface area contributed by atoms with Gasteiger partial charge in [-0.25, -0.2) is 8.42 Å². The van der Waals surface area contributed by atoms with Crippen LogP contribution in [0.25, 0.3) is 11.4 Å². The van der Waals surface area contributed by atoms with Crippen LogP contribution in [0.15, 0.2) is 47.4 Å². The predicted octanol–water partition coefficient (Wildman–Crippen LogP) is 3.64. The van der Waals surface area contributed by atoms with Gasteiger partial charge in [0, 0.05) is 36.0 Å². The minimum Gasteiger partial charge on any atom is -0.322 e. The largest absolute Gasteiger partial charge is 0.322 e. The Kier molecular flexibility index (Phi) is 5.42. The average molecular weight is 425 g/mol. The third-order valence-corrected chi connectivity index (χ3v) is 6.49. The summed E-state index contributed by atoms with van der Waals surface area (Å²) in [6.07, 6.45) is 5.47. The summed E-state index contributed by atoms with van der Waals surface area (Å²) in [5.41, 5.74) is 2.75. The van der Waals surface area contributed by atoms with Crippen LogP contribution in [0.3, 0.4) is 0 Å². The van der Waals surface area contributed by atoms with Crippen molar-refractivity contribution >= 4 is 21.4 Å². The van der Waals surface area contributed by atoms with Crippen LogP contribution in [0, 0.1) is 6.92 Å². The maximum atomic E-state index is 12.8. The standard InChI is InChI=1S/C22H24N4O3S/c1-15-10-11-16(21-25-24-20-9-4-3-5-12-26(20)21)14-19(15)23-22(27)17-7-6-8-18(13-17)30(2,28)29/h6-8,10-11,13-14H,3-5,9,12H2,1-2H3,(H,23,27). The molecule has 0 saturated carbocycles. The van der Waals surface area contributed by atoms with Crippen molar-refractivity contribution in [1.82, 2.24) is 14.8 Å². The zero-order valence-corrected chi connectivity index (χ0v) is 17.9. The molecule has 1 aliphatic rings. The number of nitrogens with one attached hydrogen (secondary N) is 1. The first-order valence-electron chi connectivity index (χ1n) is 9.97. The SMILES string of the molecule is Cc1ccc(-c2nnc3n2CCCCC3)cc1NC(=O)c1cccc(S(C)(=O)=O)c1. The summed E-state index contributed by atoms with van der Waals surface area (Å²) >= 11 is 0. The van der Waals surface area contributed by atoms with Crippen molar-refractivity contribution in [1.29, 1.82) is 0 Å². The summed E-state index contributed by atoms with van der Waals surface area (Å²) in [7, 11) is -3.39. The third-order valence-electron chi connectivity index (χ3n) is 5.38. The lowest BCUT2D eigenvalue weighted by Gasteiger charge is -2.12. The summed E-state index contributed by atoms with van der Waals surface area (Å²) < 4.78 is 25.7. The summed E-state index contributed by atoms with van der Waals surface area (Å²) in [5.74, 6) is 1.45. The topological polar surface area (TPSA) is 93.9 Å². The van der Waals surface area contributed by atoms with E-state index in [1.54, 1.807) is 12.1 Å². The lowest BCUT2D eigenvalue weighted by atomic mass is 10.1. The third kappa shape index (κ3) is 4.14. The van der Waals surface area contributed by atoms with Crippen LogP contribution < -0.4 is 5.32 Å². The first kappa shape index (κ1) is 20.3. The van der Waals surface area contributed by atoms with Gasteiger partial charge >= 0.3 is 0 Å². The smallest absolute Gasteiger partial charge is 0.255 e. The van der Waals surface area contributed by atoms with Gasteiger partial charge in [-0.3, -0.25) is 4.79 Å². The van der Waals surface area contributed by atoms with Gasteiger partial charge < -0.3 is 9.88 Å². The van der Waals surface area contributed by atoms with E-state index >= 15 is 0 Å². The Bertz CT molecular complexity index is 1210. The van der Waals surface area contributed by atoms with Crippen molar-refractivity contribution in [3.63, 3.8) is 0 Å². The maximum absolute atomic E-state index is 12.8. The maximum Gasteiger partial charge on any atom is 0.255 e. The fraction of sp³-hybridized carbons (Fsp3) is 0.318. The van der Waals surface area contributed by atoms with E-state index in [1.807, 2.05) is 25.1 Å². The molecule has 0 fully saturated rings. The highest BCUT2D eigenvalue weighted by Gasteiger charge is 2.18. The van der Waals surface area contributed by atoms with E-state index < -0.39 is 9.84 Å². The minimum absolute atomic E-state index is 0.117. The van der Waals surface area contributed by atoms with Crippen LogP contribution in [-0.4, -0.2) is 35.3 Å². The van der Waals surface area contributed by atoms with Gasteiger partial charge in [-0.05, 0) is 49.6 Å². The molecule has 0 saturated heterocycles. The fourth-order valence-electron chi connectivity index (χ4n) is 3.66. The van der Waals surface area contributed by atoms with E-state index in [1.165, 1.54) is 18.6 Å². The molecule has 1 aliphatic heterocycles. The summed E-state index contributed by atoms with van der Waals surface area (Å²) in [5, 5.41) is 11.7. The second-order valence-corrected chi connectivity index (χ2v) is 9.70. The normalized spacial score (nSPS) is 14.1. The zero-order valence-electron chi connectivity index (χ0n) is 17.1. The van der Waals surface area contributed by atoms with Gasteiger partial charge in [-0.15, -0.1) is 10.2 Å². The Morgan fingerprint density at radius 1 is 1.07 bits per heavy atom. The molecule has 0 bridgehead atoms. The second-order valence-electron chi connectivity index (χ2n) is 7.69. The van der Waals surface area contributed by atoms with Gasteiger partial charge in [-0.1, -0.05) is 24.6 Å². The van der Waals surface area contributed by atoms with Crippen molar-refractivity contribution in [2.24, 2.45) is 0 Å². The number of hydrogen-bond acceptors (Lipinski definition) is 5. The van der Waals surface area contributed by atoms with Gasteiger partial charge in [0.15, 0.2) is 15.7 Å². The Morgan fingerprint density at radius 3 is 2.70 bits per heavy atom. The van der Waals surface area contributed by atoms with Crippen molar-refractivity contribution in [2.45, 2.75) is 44.0 Å². The van der Waals surface area contributed by atoms with Crippen LogP contribution in [0.2, 0.25) is 0 Å². The molecule has 2 heterocycles. The number of rotatable bonds is 4. The Morgan fingerprint density at radius 2 is 1.90 bits per heavy atom. The Hall–Kier alpha value is -3.00. The molecule has 30 heavy (non-hydrogen) atoms. The number of aromatic nitrogens is 3. The number of benzene rings is 2. The van der Waals surface area contributed by atoms with Crippen LogP contribution in [-0.2, 0) is 22.8 Å². The predicted molar refractivity (Wildman–Crippen MR) is 115 cm³/mol. The van der Waals surface area contributed by atoms with E-state index in [2.05, 4.69) is 20.1 Å². The van der Waals surface area contributed by atoms with Crippen molar-refractivity contribution in [3.05, 3.63) is 59.4 Å². The molecule has 0 spiro atoms. The number of hydrogen-bond donors (Lipinski definition) is 1. The van der Waals surface area contributed by atoms with Crippen LogP contribution in [0.1, 0.15) is 41.0 Å². The number of nitrogens with zero attached hydrogens (tertiary/aromatic N) is 3. The van der Waals surface area contributed by atoms with Gasteiger partial charge in [0.1, 0.15) is 5.82 Å². The molecule has 8 heteroatoms. The fourth-order valence-corrected chi connectivity index (χ4v) is 4.32. The number of amides is 1. The number of carbonyl (C=O) groups is 1. The monoisotopic (exact) mass is 424 g/mol. The van der Waals surface area contributed by atoms with E-state index in [4.69, 9.17) is 0 Å². The molecule has 3 aromatic rings. The minimum atomic E-state index is -3.39. The Balaban J connectivity index is 1.64. The number of aryl methyl sites for hydroxylation is 2. The quantitative estimate of drug-likeness (QED) is 0.690. The summed E-state index contributed by atoms with van der Waals surface area (Å²) in [6.45, 7) is 2.81. The first-order chi connectivity index (χ1) is 14.3. The number of anilines is 1. The Labute approximate surface area is 176 Å². The summed E-state index contributed by atoms with van der Waals surface area (Å²) in [6, 6.07) is 11.9. The van der Waals surface area contributed by atoms with E-state index in [9.17, 15) is 13.2 Å². The van der Waals surface area contributed by atoms with E-state index in [-0.39, 0.29) is 10.8 Å². The molecule has 1 N–H and O–H groups in total. The molecule has 0 unspecified atom stereocenters. The lowest BCUT2D eigenvalue weighted by molar-refractivity contribution is 0.102. The highest BCUT2D eigenvalue weighted by molar-refractivity contribution is 7.90. The molecule has 2 aromatic carbocycles. The van der Waals surface area contributed by atoms with E-state index in [0.717, 1.165) is 54.8 Å². The van der Waals surface area contributed by atoms with E-state index in [0.29, 0.717) is 11.3 Å². The van der Waals surface area contributed by atoms with Crippen molar-refractivity contribution < 1.29 is 13.2 Å². The first-order valence-corrected chi connectivity index (χ1v) is 11.9. The number of carbonyl (C=O) groups excluding carboxylic acids is 1. The van der Waals surface area contributed by atoms with Gasteiger partial charge in [-0.2, -0.15) is 0 Å². The molecule has 0 atom stereocenters. The van der Waals surface area contributed by atoms with Crippen LogP contribution in [0.5, 0.6) is 0 Å². The highest BCUT2D eigenvalue weighted by Crippen LogP contribution is 2.27. The molecule has 1 aromatic heterocycles. The zero-order chi connectivity index (χ0) is 21.3. The molecule has 156 valence electrons. The molecular formula is C22H24N4O3S. The molecule has 7 nitrogen and oxygen atoms in total. The molecule has 0 radical (unpaired) electrons. The van der Waals surface area contributed by atoms with Gasteiger partial charge in [0.05, 0.1) is 4.90 Å². The molecule has 1 amide bonds. The molecule has 4 rings (SSSR count). The van der Waals surface area contributed by atoms with Crippen LogP contribution in [0.4, 0.5) is 5.69 Å². The molecular weight excluding hydrogens is 400 g/mol. The lowest BCUT2D eigenvalue weighted by Crippen LogP contribution is -2.13. The highest BCUT2D eigenvalue weighted by atomic mass is 32.2. The van der Waals surface area contributed by atoms with Crippen molar-refractivity contribution in [3.8, 4) is 11.4 Å².